The number of carbonyl (C=O) groups excluding carboxylic acids is 1. The van der Waals surface area contributed by atoms with Crippen molar-refractivity contribution >= 4 is 28.5 Å². The highest BCUT2D eigenvalue weighted by Gasteiger charge is 2.15. The highest BCUT2D eigenvalue weighted by Crippen LogP contribution is 2.16. The number of esters is 1. The number of imidazole rings is 1. The lowest BCUT2D eigenvalue weighted by Gasteiger charge is -2.09. The molecule has 0 atom stereocenters. The second-order valence-corrected chi connectivity index (χ2v) is 8.49. The predicted molar refractivity (Wildman–Crippen MR) is 122 cm³/mol. The standard InChI is InChI=1S/C22H22FN5O5S/c1-26-13-24-20-19(26)21(30)28(22(31)27(20)2)8-3-9-32-18(29)10-15-12-34-17(25-15)11-33-16-6-4-14(23)5-7-16/h4-7,12-13H,3,8-11H2,1-2H3. The van der Waals surface area contributed by atoms with Crippen LogP contribution < -0.4 is 16.0 Å². The molecule has 178 valence electrons. The van der Waals surface area contributed by atoms with E-state index in [1.54, 1.807) is 24.0 Å². The number of thiazole rings is 1. The minimum absolute atomic E-state index is 0.00423. The molecule has 0 aliphatic heterocycles. The van der Waals surface area contributed by atoms with Gasteiger partial charge in [-0.1, -0.05) is 0 Å². The maximum atomic E-state index is 12.9. The fourth-order valence-corrected chi connectivity index (χ4v) is 4.08. The van der Waals surface area contributed by atoms with Crippen LogP contribution in [-0.4, -0.2) is 36.2 Å². The van der Waals surface area contributed by atoms with Crippen molar-refractivity contribution in [3.05, 3.63) is 73.3 Å². The second-order valence-electron chi connectivity index (χ2n) is 7.55. The van der Waals surface area contributed by atoms with Crippen molar-refractivity contribution in [3.63, 3.8) is 0 Å². The van der Waals surface area contributed by atoms with Gasteiger partial charge in [-0.15, -0.1) is 11.3 Å². The SMILES string of the molecule is Cn1cnc2c1c(=O)n(CCCOC(=O)Cc1csc(COc3ccc(F)cc3)n1)c(=O)n2C. The lowest BCUT2D eigenvalue weighted by Crippen LogP contribution is -2.39. The van der Waals surface area contributed by atoms with Gasteiger partial charge in [-0.2, -0.15) is 0 Å². The molecule has 0 unspecified atom stereocenters. The van der Waals surface area contributed by atoms with Crippen molar-refractivity contribution in [1.29, 1.82) is 0 Å². The Balaban J connectivity index is 1.26. The first kappa shape index (κ1) is 23.4. The van der Waals surface area contributed by atoms with E-state index in [2.05, 4.69) is 9.97 Å². The number of ether oxygens (including phenoxy) is 2. The molecule has 4 aromatic rings. The van der Waals surface area contributed by atoms with Gasteiger partial charge in [0.25, 0.3) is 5.56 Å². The molecule has 3 aromatic heterocycles. The van der Waals surface area contributed by atoms with Crippen LogP contribution in [0.1, 0.15) is 17.1 Å². The molecule has 0 amide bonds. The van der Waals surface area contributed by atoms with E-state index in [9.17, 15) is 18.8 Å². The summed E-state index contributed by atoms with van der Waals surface area (Å²) in [5.41, 5.74) is 0.315. The molecule has 0 N–H and O–H groups in total. The highest BCUT2D eigenvalue weighted by atomic mass is 32.1. The second kappa shape index (κ2) is 10.00. The van der Waals surface area contributed by atoms with E-state index in [-0.39, 0.29) is 32.0 Å². The number of benzene rings is 1. The molecule has 10 nitrogen and oxygen atoms in total. The average molecular weight is 488 g/mol. The quantitative estimate of drug-likeness (QED) is 0.261. The molecule has 0 radical (unpaired) electrons. The van der Waals surface area contributed by atoms with Gasteiger partial charge in [0.05, 0.1) is 25.0 Å². The zero-order valence-corrected chi connectivity index (χ0v) is 19.4. The molecule has 12 heteroatoms. The molecule has 0 saturated heterocycles. The van der Waals surface area contributed by atoms with Crippen LogP contribution in [0.3, 0.4) is 0 Å². The van der Waals surface area contributed by atoms with E-state index < -0.39 is 17.2 Å². The Morgan fingerprint density at radius 3 is 2.71 bits per heavy atom. The van der Waals surface area contributed by atoms with E-state index in [1.165, 1.54) is 46.5 Å². The van der Waals surface area contributed by atoms with Crippen molar-refractivity contribution in [2.45, 2.75) is 26.0 Å². The molecule has 0 aliphatic carbocycles. The van der Waals surface area contributed by atoms with Crippen molar-refractivity contribution in [3.8, 4) is 5.75 Å². The number of fused-ring (bicyclic) bond motifs is 1. The van der Waals surface area contributed by atoms with Gasteiger partial charge in [-0.25, -0.2) is 19.2 Å². The molecule has 1 aromatic carbocycles. The van der Waals surface area contributed by atoms with E-state index in [4.69, 9.17) is 9.47 Å². The summed E-state index contributed by atoms with van der Waals surface area (Å²) in [6.45, 7) is 0.375. The fourth-order valence-electron chi connectivity index (χ4n) is 3.37. The molecular formula is C22H22FN5O5S. The van der Waals surface area contributed by atoms with Crippen LogP contribution in [-0.2, 0) is 43.2 Å². The third kappa shape index (κ3) is 5.06. The van der Waals surface area contributed by atoms with Gasteiger partial charge in [0.15, 0.2) is 11.2 Å². The van der Waals surface area contributed by atoms with Crippen molar-refractivity contribution in [2.24, 2.45) is 14.1 Å². The Morgan fingerprint density at radius 1 is 1.18 bits per heavy atom. The number of halogens is 1. The molecular weight excluding hydrogens is 465 g/mol. The lowest BCUT2D eigenvalue weighted by molar-refractivity contribution is -0.143. The molecule has 34 heavy (non-hydrogen) atoms. The minimum Gasteiger partial charge on any atom is -0.486 e. The van der Waals surface area contributed by atoms with Gasteiger partial charge in [0.1, 0.15) is 23.2 Å². The zero-order valence-electron chi connectivity index (χ0n) is 18.6. The van der Waals surface area contributed by atoms with Crippen LogP contribution in [0.25, 0.3) is 11.2 Å². The van der Waals surface area contributed by atoms with Gasteiger partial charge in [-0.3, -0.25) is 18.7 Å². The van der Waals surface area contributed by atoms with Gasteiger partial charge < -0.3 is 14.0 Å². The fraction of sp³-hybridized carbons (Fsp3) is 0.318. The van der Waals surface area contributed by atoms with Gasteiger partial charge >= 0.3 is 11.7 Å². The van der Waals surface area contributed by atoms with Gasteiger partial charge in [-0.05, 0) is 30.7 Å². The number of carbonyl (C=O) groups is 1. The molecule has 0 spiro atoms. The number of hydrogen-bond acceptors (Lipinski definition) is 8. The number of aryl methyl sites for hydroxylation is 2. The smallest absolute Gasteiger partial charge is 0.332 e. The monoisotopic (exact) mass is 487 g/mol. The Bertz CT molecular complexity index is 1440. The third-order valence-corrected chi connectivity index (χ3v) is 5.96. The van der Waals surface area contributed by atoms with Gasteiger partial charge in [0, 0.05) is 26.0 Å². The van der Waals surface area contributed by atoms with Crippen LogP contribution in [0.5, 0.6) is 5.75 Å². The summed E-state index contributed by atoms with van der Waals surface area (Å²) in [5.74, 6) is -0.279. The van der Waals surface area contributed by atoms with Crippen molar-refractivity contribution in [1.82, 2.24) is 23.7 Å². The summed E-state index contributed by atoms with van der Waals surface area (Å²) in [6.07, 6.45) is 1.78. The normalized spacial score (nSPS) is 11.1. The Kier molecular flexibility index (Phi) is 6.87. The number of rotatable bonds is 9. The van der Waals surface area contributed by atoms with E-state index in [0.717, 1.165) is 4.57 Å². The Hall–Kier alpha value is -3.80. The average Bonchev–Trinajstić information content (AvgIpc) is 3.43. The van der Waals surface area contributed by atoms with Crippen LogP contribution in [0.2, 0.25) is 0 Å². The minimum atomic E-state index is -0.472. The molecule has 4 rings (SSSR count). The van der Waals surface area contributed by atoms with E-state index in [0.29, 0.717) is 34.0 Å². The van der Waals surface area contributed by atoms with Gasteiger partial charge in [0.2, 0.25) is 0 Å². The zero-order chi connectivity index (χ0) is 24.2. The van der Waals surface area contributed by atoms with Crippen LogP contribution in [0, 0.1) is 5.82 Å². The van der Waals surface area contributed by atoms with E-state index in [1.807, 2.05) is 0 Å². The van der Waals surface area contributed by atoms with E-state index >= 15 is 0 Å². The first-order valence-electron chi connectivity index (χ1n) is 10.4. The van der Waals surface area contributed by atoms with Crippen molar-refractivity contribution in [2.75, 3.05) is 6.61 Å². The summed E-state index contributed by atoms with van der Waals surface area (Å²) in [4.78, 5) is 45.7. The maximum absolute atomic E-state index is 12.9. The first-order chi connectivity index (χ1) is 16.3. The van der Waals surface area contributed by atoms with Crippen molar-refractivity contribution < 1.29 is 18.7 Å². The summed E-state index contributed by atoms with van der Waals surface area (Å²) in [6, 6.07) is 5.67. The Labute approximate surface area is 196 Å². The first-order valence-corrected chi connectivity index (χ1v) is 11.3. The molecule has 3 heterocycles. The lowest BCUT2D eigenvalue weighted by atomic mass is 10.3. The topological polar surface area (TPSA) is 110 Å². The predicted octanol–water partition coefficient (Wildman–Crippen LogP) is 1.78. The van der Waals surface area contributed by atoms with Crippen LogP contribution in [0.4, 0.5) is 4.39 Å². The molecule has 0 bridgehead atoms. The summed E-state index contributed by atoms with van der Waals surface area (Å²) in [7, 11) is 3.24. The maximum Gasteiger partial charge on any atom is 0.332 e. The highest BCUT2D eigenvalue weighted by molar-refractivity contribution is 7.09. The third-order valence-electron chi connectivity index (χ3n) is 5.09. The molecule has 0 saturated carbocycles. The molecule has 0 fully saturated rings. The summed E-state index contributed by atoms with van der Waals surface area (Å²) in [5, 5.41) is 2.42. The van der Waals surface area contributed by atoms with Crippen LogP contribution >= 0.6 is 11.3 Å². The Morgan fingerprint density at radius 2 is 1.94 bits per heavy atom. The summed E-state index contributed by atoms with van der Waals surface area (Å²) >= 11 is 1.35. The largest absolute Gasteiger partial charge is 0.486 e. The molecule has 0 aliphatic rings. The summed E-state index contributed by atoms with van der Waals surface area (Å²) < 4.78 is 27.7. The number of aromatic nitrogens is 5. The number of nitrogens with zero attached hydrogens (tertiary/aromatic N) is 5. The number of hydrogen-bond donors (Lipinski definition) is 0. The van der Waals surface area contributed by atoms with Crippen LogP contribution in [0.15, 0.2) is 45.6 Å².